The molecular weight excluding hydrogens is 327 g/mol. The Morgan fingerprint density at radius 3 is 1.28 bits per heavy atom. The number of hydrogen-bond donors (Lipinski definition) is 0. The molecule has 3 nitrogen and oxygen atoms in total. The molecular formula is C21H31N2OP. The highest BCUT2D eigenvalue weighted by Crippen LogP contribution is 2.61. The first-order valence-electron chi connectivity index (χ1n) is 8.94. The highest BCUT2D eigenvalue weighted by Gasteiger charge is 2.32. The van der Waals surface area contributed by atoms with Gasteiger partial charge in [-0.25, -0.2) is 0 Å². The summed E-state index contributed by atoms with van der Waals surface area (Å²) in [4.78, 5) is 4.17. The lowest BCUT2D eigenvalue weighted by molar-refractivity contribution is 0.571. The fourth-order valence-electron chi connectivity index (χ4n) is 3.23. The van der Waals surface area contributed by atoms with Crippen molar-refractivity contribution in [3.05, 3.63) is 59.7 Å². The monoisotopic (exact) mass is 358 g/mol. The molecule has 2 aromatic rings. The lowest BCUT2D eigenvalue weighted by Crippen LogP contribution is -2.11. The van der Waals surface area contributed by atoms with Crippen molar-refractivity contribution >= 4 is 18.5 Å². The van der Waals surface area contributed by atoms with E-state index in [0.717, 1.165) is 34.8 Å². The Balaban J connectivity index is 2.51. The van der Waals surface area contributed by atoms with E-state index >= 15 is 0 Å². The maximum Gasteiger partial charge on any atom is 0.0985 e. The van der Waals surface area contributed by atoms with Crippen LogP contribution in [0.2, 0.25) is 0 Å². The molecule has 0 amide bonds. The highest BCUT2D eigenvalue weighted by atomic mass is 31.2. The third kappa shape index (κ3) is 4.27. The Morgan fingerprint density at radius 2 is 1.04 bits per heavy atom. The fourth-order valence-corrected chi connectivity index (χ4v) is 5.84. The van der Waals surface area contributed by atoms with Gasteiger partial charge in [-0.2, -0.15) is 0 Å². The Hall–Kier alpha value is -1.73. The fraction of sp³-hybridized carbons (Fsp3) is 0.429. The van der Waals surface area contributed by atoms with Gasteiger partial charge in [-0.15, -0.1) is 0 Å². The normalized spacial score (nSPS) is 11.6. The molecule has 0 saturated carbocycles. The second kappa shape index (κ2) is 8.10. The van der Waals surface area contributed by atoms with Crippen LogP contribution in [0.4, 0.5) is 11.4 Å². The van der Waals surface area contributed by atoms with Gasteiger partial charge in [0, 0.05) is 39.6 Å². The molecule has 0 spiro atoms. The largest absolute Gasteiger partial charge is 0.378 e. The van der Waals surface area contributed by atoms with Crippen LogP contribution in [0, 0.1) is 0 Å². The molecule has 0 aliphatic carbocycles. The van der Waals surface area contributed by atoms with Gasteiger partial charge in [0.1, 0.15) is 0 Å². The van der Waals surface area contributed by atoms with E-state index in [1.807, 2.05) is 28.2 Å². The van der Waals surface area contributed by atoms with Crippen molar-refractivity contribution in [3.63, 3.8) is 0 Å². The van der Waals surface area contributed by atoms with E-state index in [1.54, 1.807) is 0 Å². The van der Waals surface area contributed by atoms with Gasteiger partial charge in [0.15, 0.2) is 0 Å². The molecule has 25 heavy (non-hydrogen) atoms. The maximum atomic E-state index is 13.7. The Morgan fingerprint density at radius 1 is 0.720 bits per heavy atom. The molecule has 0 fully saturated rings. The van der Waals surface area contributed by atoms with Crippen LogP contribution in [0.25, 0.3) is 0 Å². The van der Waals surface area contributed by atoms with Gasteiger partial charge in [-0.05, 0) is 47.7 Å². The molecule has 0 saturated heterocycles. The SMILES string of the molecule is CCP(=O)(CC)C(c1ccc(N(C)C)cc1)c1ccc(N(C)C)cc1. The van der Waals surface area contributed by atoms with Crippen LogP contribution in [0.5, 0.6) is 0 Å². The summed E-state index contributed by atoms with van der Waals surface area (Å²) in [7, 11) is 5.81. The number of hydrogen-bond acceptors (Lipinski definition) is 3. The molecule has 2 aromatic carbocycles. The van der Waals surface area contributed by atoms with Crippen molar-refractivity contribution in [2.75, 3.05) is 50.3 Å². The van der Waals surface area contributed by atoms with Crippen molar-refractivity contribution in [2.24, 2.45) is 0 Å². The second-order valence-corrected chi connectivity index (χ2v) is 10.6. The van der Waals surface area contributed by atoms with Crippen LogP contribution in [-0.4, -0.2) is 40.5 Å². The van der Waals surface area contributed by atoms with Crippen LogP contribution < -0.4 is 9.80 Å². The Bertz CT molecular complexity index is 661. The van der Waals surface area contributed by atoms with Gasteiger partial charge >= 0.3 is 0 Å². The highest BCUT2D eigenvalue weighted by molar-refractivity contribution is 7.64. The average Bonchev–Trinajstić information content (AvgIpc) is 2.62. The van der Waals surface area contributed by atoms with Crippen molar-refractivity contribution < 1.29 is 4.57 Å². The summed E-state index contributed by atoms with van der Waals surface area (Å²) >= 11 is 0. The summed E-state index contributed by atoms with van der Waals surface area (Å²) in [5.74, 6) is 0. The lowest BCUT2D eigenvalue weighted by Gasteiger charge is -2.28. The molecule has 136 valence electrons. The van der Waals surface area contributed by atoms with Crippen LogP contribution in [0.15, 0.2) is 48.5 Å². The molecule has 0 aliphatic heterocycles. The van der Waals surface area contributed by atoms with Gasteiger partial charge in [0.05, 0.1) is 12.8 Å². The van der Waals surface area contributed by atoms with Gasteiger partial charge in [-0.3, -0.25) is 0 Å². The first kappa shape index (κ1) is 19.6. The zero-order valence-electron chi connectivity index (χ0n) is 16.4. The smallest absolute Gasteiger partial charge is 0.0985 e. The van der Waals surface area contributed by atoms with Gasteiger partial charge in [-0.1, -0.05) is 38.1 Å². The maximum absolute atomic E-state index is 13.7. The third-order valence-electron chi connectivity index (χ3n) is 4.99. The summed E-state index contributed by atoms with van der Waals surface area (Å²) in [6.07, 6.45) is 1.44. The number of rotatable bonds is 7. The van der Waals surface area contributed by atoms with Crippen molar-refractivity contribution in [1.29, 1.82) is 0 Å². The minimum atomic E-state index is -2.34. The predicted molar refractivity (Wildman–Crippen MR) is 112 cm³/mol. The van der Waals surface area contributed by atoms with E-state index in [2.05, 4.69) is 72.2 Å². The minimum Gasteiger partial charge on any atom is -0.378 e. The van der Waals surface area contributed by atoms with Crippen LogP contribution in [-0.2, 0) is 4.57 Å². The van der Waals surface area contributed by atoms with Gasteiger partial charge < -0.3 is 14.4 Å². The van der Waals surface area contributed by atoms with E-state index < -0.39 is 7.14 Å². The number of anilines is 2. The predicted octanol–water partition coefficient (Wildman–Crippen LogP) is 5.31. The summed E-state index contributed by atoms with van der Waals surface area (Å²) in [5.41, 5.74) is 4.59. The van der Waals surface area contributed by atoms with E-state index in [9.17, 15) is 4.57 Å². The molecule has 0 bridgehead atoms. The van der Waals surface area contributed by atoms with Crippen LogP contribution >= 0.6 is 7.14 Å². The minimum absolute atomic E-state index is 0.0325. The lowest BCUT2D eigenvalue weighted by atomic mass is 10.0. The molecule has 0 atom stereocenters. The molecule has 0 N–H and O–H groups in total. The van der Waals surface area contributed by atoms with E-state index in [0.29, 0.717) is 0 Å². The Kier molecular flexibility index (Phi) is 6.35. The number of benzene rings is 2. The molecule has 4 heteroatoms. The number of nitrogens with zero attached hydrogens (tertiary/aromatic N) is 2. The second-order valence-electron chi connectivity index (χ2n) is 6.96. The van der Waals surface area contributed by atoms with Crippen LogP contribution in [0.3, 0.4) is 0 Å². The van der Waals surface area contributed by atoms with Crippen molar-refractivity contribution in [2.45, 2.75) is 19.5 Å². The van der Waals surface area contributed by atoms with Gasteiger partial charge in [0.2, 0.25) is 0 Å². The molecule has 2 rings (SSSR count). The zero-order chi connectivity index (χ0) is 18.6. The average molecular weight is 358 g/mol. The summed E-state index contributed by atoms with van der Waals surface area (Å²) in [6, 6.07) is 17.0. The summed E-state index contributed by atoms with van der Waals surface area (Å²) < 4.78 is 13.7. The first-order chi connectivity index (χ1) is 11.8. The van der Waals surface area contributed by atoms with E-state index in [1.165, 1.54) is 0 Å². The van der Waals surface area contributed by atoms with Crippen LogP contribution in [0.1, 0.15) is 30.6 Å². The quantitative estimate of drug-likeness (QED) is 0.627. The topological polar surface area (TPSA) is 23.6 Å². The Labute approximate surface area is 153 Å². The standard InChI is InChI=1S/C21H31N2OP/c1-7-25(24,8-2)21(17-9-13-19(14-10-17)22(3)4)18-11-15-20(16-12-18)23(5)6/h9-16,21H,7-8H2,1-6H3. The molecule has 0 heterocycles. The van der Waals surface area contributed by atoms with E-state index in [4.69, 9.17) is 0 Å². The van der Waals surface area contributed by atoms with Gasteiger partial charge in [0.25, 0.3) is 0 Å². The molecule has 0 aliphatic rings. The van der Waals surface area contributed by atoms with Crippen molar-refractivity contribution in [1.82, 2.24) is 0 Å². The van der Waals surface area contributed by atoms with Crippen molar-refractivity contribution in [3.8, 4) is 0 Å². The molecule has 0 radical (unpaired) electrons. The summed E-state index contributed by atoms with van der Waals surface area (Å²) in [5, 5.41) is 0. The molecule has 0 unspecified atom stereocenters. The molecule has 0 aromatic heterocycles. The summed E-state index contributed by atoms with van der Waals surface area (Å²) in [6.45, 7) is 4.11. The third-order valence-corrected chi connectivity index (χ3v) is 8.67. The van der Waals surface area contributed by atoms with E-state index in [-0.39, 0.29) is 5.66 Å². The first-order valence-corrected chi connectivity index (χ1v) is 11.1. The zero-order valence-corrected chi connectivity index (χ0v) is 17.3.